The number of ether oxygens (including phenoxy) is 1. The van der Waals surface area contributed by atoms with E-state index in [4.69, 9.17) is 10.5 Å². The van der Waals surface area contributed by atoms with E-state index in [2.05, 4.69) is 10.3 Å². The number of anilines is 1. The van der Waals surface area contributed by atoms with Gasteiger partial charge in [0.2, 0.25) is 5.91 Å². The molecule has 4 rings (SSSR count). The Labute approximate surface area is 181 Å². The number of nitrogens with one attached hydrogen (secondary N) is 1. The molecule has 0 saturated heterocycles. The van der Waals surface area contributed by atoms with Crippen LogP contribution in [0, 0.1) is 5.82 Å². The molecule has 0 spiro atoms. The number of methoxy groups -OCH3 is 1. The molecule has 5 nitrogen and oxygen atoms in total. The van der Waals surface area contributed by atoms with Gasteiger partial charge in [0.25, 0.3) is 0 Å². The van der Waals surface area contributed by atoms with Gasteiger partial charge in [-0.15, -0.1) is 0 Å². The maximum Gasteiger partial charge on any atom is 0.229 e. The topological polar surface area (TPSA) is 77.2 Å². The fraction of sp³-hybridized carbons (Fsp3) is 0.280. The Morgan fingerprint density at radius 2 is 1.87 bits per heavy atom. The monoisotopic (exact) mass is 419 g/mol. The molecule has 0 bridgehead atoms. The molecule has 3 N–H and O–H groups in total. The quantitative estimate of drug-likeness (QED) is 0.608. The van der Waals surface area contributed by atoms with Crippen molar-refractivity contribution in [2.45, 2.75) is 37.1 Å². The van der Waals surface area contributed by atoms with Crippen molar-refractivity contribution in [1.82, 2.24) is 4.98 Å². The highest BCUT2D eigenvalue weighted by molar-refractivity contribution is 5.87. The van der Waals surface area contributed by atoms with E-state index in [9.17, 15) is 9.18 Å². The number of nitrogens with two attached hydrogens (primary N) is 1. The molecular formula is C25H26FN3O2. The summed E-state index contributed by atoms with van der Waals surface area (Å²) in [6.45, 7) is 0. The van der Waals surface area contributed by atoms with Gasteiger partial charge in [0, 0.05) is 29.6 Å². The summed E-state index contributed by atoms with van der Waals surface area (Å²) in [5.41, 5.74) is 8.38. The first-order chi connectivity index (χ1) is 15.0. The average molecular weight is 420 g/mol. The Bertz CT molecular complexity index is 1060. The van der Waals surface area contributed by atoms with E-state index >= 15 is 0 Å². The molecule has 1 heterocycles. The van der Waals surface area contributed by atoms with Crippen LogP contribution in [0.1, 0.15) is 31.4 Å². The first kappa shape index (κ1) is 20.8. The number of aromatic nitrogens is 1. The predicted molar refractivity (Wildman–Crippen MR) is 119 cm³/mol. The lowest BCUT2D eigenvalue weighted by molar-refractivity contribution is -0.124. The van der Waals surface area contributed by atoms with E-state index in [1.807, 2.05) is 42.5 Å². The number of amides is 1. The van der Waals surface area contributed by atoms with Gasteiger partial charge in [-0.05, 0) is 67.6 Å². The first-order valence-corrected chi connectivity index (χ1v) is 10.4. The number of hydrogen-bond acceptors (Lipinski definition) is 4. The van der Waals surface area contributed by atoms with Crippen molar-refractivity contribution in [1.29, 1.82) is 0 Å². The van der Waals surface area contributed by atoms with Crippen LogP contribution in [0.3, 0.4) is 0 Å². The van der Waals surface area contributed by atoms with Crippen molar-refractivity contribution in [3.8, 4) is 16.9 Å². The van der Waals surface area contributed by atoms with Crippen LogP contribution in [0.15, 0.2) is 66.9 Å². The number of carbonyl (C=O) groups is 1. The lowest BCUT2D eigenvalue weighted by atomic mass is 9.69. The minimum Gasteiger partial charge on any atom is -0.496 e. The summed E-state index contributed by atoms with van der Waals surface area (Å²) in [7, 11) is 1.51. The zero-order valence-corrected chi connectivity index (χ0v) is 17.5. The van der Waals surface area contributed by atoms with Crippen LogP contribution in [-0.2, 0) is 10.2 Å². The molecule has 1 aromatic heterocycles. The zero-order valence-electron chi connectivity index (χ0n) is 17.5. The van der Waals surface area contributed by atoms with E-state index < -0.39 is 5.41 Å². The molecule has 1 fully saturated rings. The van der Waals surface area contributed by atoms with Crippen LogP contribution < -0.4 is 15.8 Å². The lowest BCUT2D eigenvalue weighted by Crippen LogP contribution is -2.46. The van der Waals surface area contributed by atoms with Crippen LogP contribution in [0.25, 0.3) is 11.1 Å². The Kier molecular flexibility index (Phi) is 5.89. The van der Waals surface area contributed by atoms with E-state index in [0.717, 1.165) is 29.7 Å². The van der Waals surface area contributed by atoms with Gasteiger partial charge in [-0.1, -0.05) is 18.2 Å². The predicted octanol–water partition coefficient (Wildman–Crippen LogP) is 4.67. The van der Waals surface area contributed by atoms with E-state index in [1.54, 1.807) is 12.3 Å². The normalized spacial score (nSPS) is 20.8. The molecule has 0 aliphatic heterocycles. The maximum atomic E-state index is 13.6. The lowest BCUT2D eigenvalue weighted by Gasteiger charge is -2.38. The van der Waals surface area contributed by atoms with E-state index in [1.165, 1.54) is 19.2 Å². The molecule has 0 atom stereocenters. The number of benzene rings is 2. The van der Waals surface area contributed by atoms with Crippen molar-refractivity contribution < 1.29 is 13.9 Å². The highest BCUT2D eigenvalue weighted by atomic mass is 19.1. The van der Waals surface area contributed by atoms with Crippen LogP contribution in [0.5, 0.6) is 5.75 Å². The number of halogens is 1. The van der Waals surface area contributed by atoms with Gasteiger partial charge in [0.15, 0.2) is 0 Å². The number of rotatable bonds is 6. The fourth-order valence-electron chi connectivity index (χ4n) is 4.42. The summed E-state index contributed by atoms with van der Waals surface area (Å²) >= 11 is 0. The highest BCUT2D eigenvalue weighted by Crippen LogP contribution is 2.41. The van der Waals surface area contributed by atoms with Gasteiger partial charge in [0.1, 0.15) is 11.6 Å². The molecule has 3 aromatic rings. The largest absolute Gasteiger partial charge is 0.496 e. The first-order valence-electron chi connectivity index (χ1n) is 10.4. The minimum atomic E-state index is -0.821. The summed E-state index contributed by atoms with van der Waals surface area (Å²) in [6, 6.07) is 18.5. The van der Waals surface area contributed by atoms with Gasteiger partial charge >= 0.3 is 0 Å². The molecule has 160 valence electrons. The van der Waals surface area contributed by atoms with Crippen molar-refractivity contribution >= 4 is 11.6 Å². The third-order valence-corrected chi connectivity index (χ3v) is 6.18. The van der Waals surface area contributed by atoms with Crippen molar-refractivity contribution in [3.63, 3.8) is 0 Å². The third-order valence-electron chi connectivity index (χ3n) is 6.18. The summed E-state index contributed by atoms with van der Waals surface area (Å²) < 4.78 is 19.0. The van der Waals surface area contributed by atoms with Gasteiger partial charge in [-0.2, -0.15) is 0 Å². The molecule has 1 saturated carbocycles. The summed E-state index contributed by atoms with van der Waals surface area (Å²) in [5, 5.41) is 3.54. The Morgan fingerprint density at radius 3 is 2.55 bits per heavy atom. The van der Waals surface area contributed by atoms with Gasteiger partial charge in [-0.25, -0.2) is 4.39 Å². The van der Waals surface area contributed by atoms with Crippen LogP contribution in [0.4, 0.5) is 10.1 Å². The van der Waals surface area contributed by atoms with E-state index in [-0.39, 0.29) is 17.8 Å². The molecule has 1 aliphatic rings. The second-order valence-electron chi connectivity index (χ2n) is 8.01. The summed E-state index contributed by atoms with van der Waals surface area (Å²) in [5.74, 6) is -0.296. The fourth-order valence-corrected chi connectivity index (χ4v) is 4.42. The number of hydrogen-bond donors (Lipinski definition) is 2. The second kappa shape index (κ2) is 8.76. The SMILES string of the molecule is COc1cc(F)ccc1-c1ccnc(C2(C(N)=O)CCC(Nc3ccccc3)CC2)c1. The Hall–Kier alpha value is -3.41. The summed E-state index contributed by atoms with van der Waals surface area (Å²) in [4.78, 5) is 17.2. The van der Waals surface area contributed by atoms with Crippen molar-refractivity contribution in [3.05, 3.63) is 78.4 Å². The maximum absolute atomic E-state index is 13.6. The molecule has 0 radical (unpaired) electrons. The van der Waals surface area contributed by atoms with Crippen LogP contribution in [-0.4, -0.2) is 24.0 Å². The Morgan fingerprint density at radius 1 is 1.13 bits per heavy atom. The number of nitrogens with zero attached hydrogens (tertiary/aromatic N) is 1. The molecule has 6 heteroatoms. The van der Waals surface area contributed by atoms with Gasteiger partial charge in [0.05, 0.1) is 18.2 Å². The molecule has 31 heavy (non-hydrogen) atoms. The van der Waals surface area contributed by atoms with Crippen LogP contribution >= 0.6 is 0 Å². The number of primary amides is 1. The van der Waals surface area contributed by atoms with Gasteiger partial charge < -0.3 is 15.8 Å². The number of carbonyl (C=O) groups excluding carboxylic acids is 1. The van der Waals surface area contributed by atoms with E-state index in [0.29, 0.717) is 24.3 Å². The Balaban J connectivity index is 1.60. The van der Waals surface area contributed by atoms with Crippen molar-refractivity contribution in [2.24, 2.45) is 5.73 Å². The second-order valence-corrected chi connectivity index (χ2v) is 8.01. The third kappa shape index (κ3) is 4.24. The minimum absolute atomic E-state index is 0.273. The standard InChI is InChI=1S/C25H26FN3O2/c1-31-22-16-18(26)7-8-21(22)17-11-14-28-23(15-17)25(24(27)30)12-9-20(10-13-25)29-19-5-3-2-4-6-19/h2-8,11,14-16,20,29H,9-10,12-13H2,1H3,(H2,27,30). The molecule has 1 amide bonds. The molecule has 1 aliphatic carbocycles. The zero-order chi connectivity index (χ0) is 21.8. The summed E-state index contributed by atoms with van der Waals surface area (Å²) in [6.07, 6.45) is 4.52. The number of pyridine rings is 1. The number of para-hydroxylation sites is 1. The van der Waals surface area contributed by atoms with Gasteiger partial charge in [-0.3, -0.25) is 9.78 Å². The van der Waals surface area contributed by atoms with Crippen LogP contribution in [0.2, 0.25) is 0 Å². The highest BCUT2D eigenvalue weighted by Gasteiger charge is 2.43. The average Bonchev–Trinajstić information content (AvgIpc) is 2.80. The molecule has 0 unspecified atom stereocenters. The smallest absolute Gasteiger partial charge is 0.229 e. The molecular weight excluding hydrogens is 393 g/mol. The molecule has 2 aromatic carbocycles. The van der Waals surface area contributed by atoms with Crippen molar-refractivity contribution in [2.75, 3.05) is 12.4 Å².